The number of carboxylic acid groups (broad SMARTS) is 1. The average molecular weight is 346 g/mol. The Morgan fingerprint density at radius 2 is 1.67 bits per heavy atom. The molecule has 1 amide bonds. The van der Waals surface area contributed by atoms with Crippen LogP contribution in [0.25, 0.3) is 0 Å². The number of carboxylic acids is 1. The van der Waals surface area contributed by atoms with Gasteiger partial charge < -0.3 is 10.4 Å². The lowest BCUT2D eigenvalue weighted by Gasteiger charge is -2.27. The maximum Gasteiger partial charge on any atom is 0.326 e. The smallest absolute Gasteiger partial charge is 0.326 e. The Morgan fingerprint density at radius 1 is 1.08 bits per heavy atom. The minimum Gasteiger partial charge on any atom is -0.480 e. The lowest BCUT2D eigenvalue weighted by molar-refractivity contribution is -0.142. The molecule has 1 unspecified atom stereocenters. The van der Waals surface area contributed by atoms with Crippen molar-refractivity contribution in [2.75, 3.05) is 0 Å². The number of carbonyl (C=O) groups is 2. The zero-order valence-corrected chi connectivity index (χ0v) is 14.4. The molecule has 0 bridgehead atoms. The molecule has 4 nitrogen and oxygen atoms in total. The van der Waals surface area contributed by atoms with Crippen LogP contribution in [0.2, 0.25) is 5.02 Å². The monoisotopic (exact) mass is 345 g/mol. The predicted molar refractivity (Wildman–Crippen MR) is 94.2 cm³/mol. The van der Waals surface area contributed by atoms with Crippen molar-refractivity contribution in [3.05, 3.63) is 70.7 Å². The summed E-state index contributed by atoms with van der Waals surface area (Å²) in [6, 6.07) is 15.3. The minimum absolute atomic E-state index is 0.223. The summed E-state index contributed by atoms with van der Waals surface area (Å²) in [6.07, 6.45) is 0.223. The number of hydrogen-bond donors (Lipinski definition) is 2. The summed E-state index contributed by atoms with van der Waals surface area (Å²) in [5, 5.41) is 12.5. The van der Waals surface area contributed by atoms with E-state index in [0.29, 0.717) is 10.6 Å². The Morgan fingerprint density at radius 3 is 2.25 bits per heavy atom. The zero-order chi connectivity index (χ0) is 17.7. The number of carbonyl (C=O) groups excluding carboxylic acids is 1. The Balaban J connectivity index is 2.18. The first-order chi connectivity index (χ1) is 11.3. The van der Waals surface area contributed by atoms with E-state index in [-0.39, 0.29) is 12.3 Å². The van der Waals surface area contributed by atoms with Gasteiger partial charge in [-0.25, -0.2) is 4.79 Å². The molecule has 0 spiro atoms. The highest BCUT2D eigenvalue weighted by atomic mass is 35.5. The summed E-state index contributed by atoms with van der Waals surface area (Å²) >= 11 is 6.19. The van der Waals surface area contributed by atoms with Crippen molar-refractivity contribution >= 4 is 23.5 Å². The molecule has 2 N–H and O–H groups in total. The predicted octanol–water partition coefficient (Wildman–Crippen LogP) is 3.43. The molecule has 2 aromatic carbocycles. The van der Waals surface area contributed by atoms with Gasteiger partial charge in [0.15, 0.2) is 0 Å². The van der Waals surface area contributed by atoms with E-state index in [1.165, 1.54) is 0 Å². The van der Waals surface area contributed by atoms with Gasteiger partial charge in [0.1, 0.15) is 6.04 Å². The standard InChI is InChI=1S/C19H20ClNO3/c1-19(2,14-10-6-7-11-15(14)20)18(24)21-16(17(22)23)12-13-8-4-3-5-9-13/h3-11,16H,12H2,1-2H3,(H,21,24)(H,22,23). The van der Waals surface area contributed by atoms with Crippen molar-refractivity contribution < 1.29 is 14.7 Å². The zero-order valence-electron chi connectivity index (χ0n) is 13.6. The summed E-state index contributed by atoms with van der Waals surface area (Å²) < 4.78 is 0. The SMILES string of the molecule is CC(C)(C(=O)NC(Cc1ccccc1)C(=O)O)c1ccccc1Cl. The van der Waals surface area contributed by atoms with Crippen molar-refractivity contribution in [3.63, 3.8) is 0 Å². The third kappa shape index (κ3) is 4.15. The first-order valence-corrected chi connectivity index (χ1v) is 8.03. The highest BCUT2D eigenvalue weighted by Gasteiger charge is 2.34. The Bertz CT molecular complexity index is 728. The normalized spacial score (nSPS) is 12.5. The van der Waals surface area contributed by atoms with E-state index < -0.39 is 17.4 Å². The molecule has 126 valence electrons. The molecule has 0 aliphatic carbocycles. The van der Waals surface area contributed by atoms with Crippen molar-refractivity contribution in [1.82, 2.24) is 5.32 Å². The van der Waals surface area contributed by atoms with E-state index in [1.54, 1.807) is 38.1 Å². The van der Waals surface area contributed by atoms with Gasteiger partial charge in [-0.05, 0) is 31.0 Å². The van der Waals surface area contributed by atoms with Crippen molar-refractivity contribution in [2.45, 2.75) is 31.7 Å². The molecule has 2 rings (SSSR count). The van der Waals surface area contributed by atoms with Crippen molar-refractivity contribution in [1.29, 1.82) is 0 Å². The summed E-state index contributed by atoms with van der Waals surface area (Å²) in [7, 11) is 0. The van der Waals surface area contributed by atoms with Gasteiger partial charge in [0.2, 0.25) is 5.91 Å². The van der Waals surface area contributed by atoms with E-state index in [1.807, 2.05) is 30.3 Å². The summed E-state index contributed by atoms with van der Waals surface area (Å²) in [6.45, 7) is 3.45. The van der Waals surface area contributed by atoms with Crippen LogP contribution in [0.1, 0.15) is 25.0 Å². The second-order valence-electron chi connectivity index (χ2n) is 6.16. The summed E-state index contributed by atoms with van der Waals surface area (Å²) in [5.41, 5.74) is 0.566. The molecule has 0 saturated carbocycles. The van der Waals surface area contributed by atoms with Gasteiger partial charge in [-0.2, -0.15) is 0 Å². The van der Waals surface area contributed by atoms with Gasteiger partial charge in [0.05, 0.1) is 5.41 Å². The molecular formula is C19H20ClNO3. The van der Waals surface area contributed by atoms with Gasteiger partial charge in [-0.3, -0.25) is 4.79 Å². The van der Waals surface area contributed by atoms with E-state index >= 15 is 0 Å². The molecule has 0 fully saturated rings. The second kappa shape index (κ2) is 7.49. The Labute approximate surface area is 146 Å². The Hall–Kier alpha value is -2.33. The van der Waals surface area contributed by atoms with Gasteiger partial charge >= 0.3 is 5.97 Å². The number of rotatable bonds is 6. The number of hydrogen-bond acceptors (Lipinski definition) is 2. The van der Waals surface area contributed by atoms with Crippen LogP contribution in [0.3, 0.4) is 0 Å². The largest absolute Gasteiger partial charge is 0.480 e. The molecule has 24 heavy (non-hydrogen) atoms. The molecule has 0 aliphatic rings. The van der Waals surface area contributed by atoms with Crippen LogP contribution >= 0.6 is 11.6 Å². The quantitative estimate of drug-likeness (QED) is 0.843. The van der Waals surface area contributed by atoms with Gasteiger partial charge in [0.25, 0.3) is 0 Å². The third-order valence-corrected chi connectivity index (χ3v) is 4.33. The molecule has 0 saturated heterocycles. The lowest BCUT2D eigenvalue weighted by atomic mass is 9.83. The lowest BCUT2D eigenvalue weighted by Crippen LogP contribution is -2.49. The van der Waals surface area contributed by atoms with E-state index in [2.05, 4.69) is 5.32 Å². The third-order valence-electron chi connectivity index (χ3n) is 4.00. The molecule has 5 heteroatoms. The molecule has 1 atom stereocenters. The van der Waals surface area contributed by atoms with Gasteiger partial charge in [-0.15, -0.1) is 0 Å². The van der Waals surface area contributed by atoms with Crippen LogP contribution < -0.4 is 5.32 Å². The van der Waals surface area contributed by atoms with E-state index in [0.717, 1.165) is 5.56 Å². The first-order valence-electron chi connectivity index (χ1n) is 7.65. The fraction of sp³-hybridized carbons (Fsp3) is 0.263. The summed E-state index contributed by atoms with van der Waals surface area (Å²) in [4.78, 5) is 24.2. The van der Waals surface area contributed by atoms with Gasteiger partial charge in [0, 0.05) is 11.4 Å². The molecule has 0 aliphatic heterocycles. The number of amides is 1. The summed E-state index contributed by atoms with van der Waals surface area (Å²) in [5.74, 6) is -1.44. The number of halogens is 1. The van der Waals surface area contributed by atoms with Crippen LogP contribution in [0, 0.1) is 0 Å². The highest BCUT2D eigenvalue weighted by molar-refractivity contribution is 6.31. The topological polar surface area (TPSA) is 66.4 Å². The maximum absolute atomic E-state index is 12.7. The average Bonchev–Trinajstić information content (AvgIpc) is 2.55. The fourth-order valence-electron chi connectivity index (χ4n) is 2.48. The molecule has 0 heterocycles. The Kier molecular flexibility index (Phi) is 5.62. The number of benzene rings is 2. The number of nitrogens with one attached hydrogen (secondary N) is 1. The minimum atomic E-state index is -1.07. The maximum atomic E-state index is 12.7. The van der Waals surface area contributed by atoms with E-state index in [4.69, 9.17) is 11.6 Å². The molecule has 0 radical (unpaired) electrons. The van der Waals surface area contributed by atoms with Crippen LogP contribution in [0.4, 0.5) is 0 Å². The van der Waals surface area contributed by atoms with Gasteiger partial charge in [-0.1, -0.05) is 60.1 Å². The van der Waals surface area contributed by atoms with E-state index in [9.17, 15) is 14.7 Å². The van der Waals surface area contributed by atoms with Crippen molar-refractivity contribution in [3.8, 4) is 0 Å². The van der Waals surface area contributed by atoms with Crippen LogP contribution in [-0.4, -0.2) is 23.0 Å². The molecule has 0 aromatic heterocycles. The van der Waals surface area contributed by atoms with Crippen LogP contribution in [0.15, 0.2) is 54.6 Å². The highest BCUT2D eigenvalue weighted by Crippen LogP contribution is 2.30. The van der Waals surface area contributed by atoms with Crippen LogP contribution in [0.5, 0.6) is 0 Å². The number of aliphatic carboxylic acids is 1. The second-order valence-corrected chi connectivity index (χ2v) is 6.57. The van der Waals surface area contributed by atoms with Crippen molar-refractivity contribution in [2.24, 2.45) is 0 Å². The molecule has 2 aromatic rings. The first kappa shape index (κ1) is 18.0. The fourth-order valence-corrected chi connectivity index (χ4v) is 2.85. The van der Waals surface area contributed by atoms with Crippen LogP contribution in [-0.2, 0) is 21.4 Å². The molecular weight excluding hydrogens is 326 g/mol.